The van der Waals surface area contributed by atoms with E-state index < -0.39 is 5.76 Å². The molecule has 1 N–H and O–H groups in total. The molecule has 0 radical (unpaired) electrons. The number of thioether (sulfide) groups is 1. The first-order valence-electron chi connectivity index (χ1n) is 5.99. The van der Waals surface area contributed by atoms with E-state index in [1.807, 2.05) is 12.1 Å². The van der Waals surface area contributed by atoms with Crippen molar-refractivity contribution < 1.29 is 8.78 Å². The Labute approximate surface area is 133 Å². The maximum absolute atomic E-state index is 12.6. The van der Waals surface area contributed by atoms with Crippen molar-refractivity contribution in [1.29, 1.82) is 0 Å². The second-order valence-electron chi connectivity index (χ2n) is 4.11. The molecule has 0 aliphatic carbocycles. The van der Waals surface area contributed by atoms with Gasteiger partial charge in [-0.3, -0.25) is 0 Å². The maximum atomic E-state index is 12.6. The highest BCUT2D eigenvalue weighted by Gasteiger charge is 2.12. The fraction of sp³-hybridized carbons (Fsp3) is 0.0714. The fourth-order valence-corrected chi connectivity index (χ4v) is 3.62. The number of para-hydroxylation sites is 1. The SMILES string of the molecule is FC(F)Sc1ccccc1Nc1nc2cccc(Cl)c2s1. The van der Waals surface area contributed by atoms with E-state index in [-0.39, 0.29) is 0 Å². The van der Waals surface area contributed by atoms with Crippen LogP contribution in [0.2, 0.25) is 5.02 Å². The summed E-state index contributed by atoms with van der Waals surface area (Å²) in [6, 6.07) is 12.4. The van der Waals surface area contributed by atoms with E-state index in [9.17, 15) is 8.78 Å². The van der Waals surface area contributed by atoms with Crippen molar-refractivity contribution in [3.63, 3.8) is 0 Å². The number of hydrogen-bond acceptors (Lipinski definition) is 4. The van der Waals surface area contributed by atoms with Crippen LogP contribution in [0.3, 0.4) is 0 Å². The Morgan fingerprint density at radius 1 is 1.14 bits per heavy atom. The highest BCUT2D eigenvalue weighted by Crippen LogP contribution is 2.37. The summed E-state index contributed by atoms with van der Waals surface area (Å²) in [4.78, 5) is 4.90. The molecule has 0 bridgehead atoms. The van der Waals surface area contributed by atoms with Gasteiger partial charge in [0, 0.05) is 4.90 Å². The smallest absolute Gasteiger partial charge is 0.288 e. The number of thiazole rings is 1. The first-order valence-corrected chi connectivity index (χ1v) is 8.07. The molecule has 2 nitrogen and oxygen atoms in total. The van der Waals surface area contributed by atoms with Crippen LogP contribution in [-0.2, 0) is 0 Å². The van der Waals surface area contributed by atoms with Gasteiger partial charge in [0.05, 0.1) is 20.9 Å². The van der Waals surface area contributed by atoms with Crippen LogP contribution >= 0.6 is 34.7 Å². The van der Waals surface area contributed by atoms with Crippen LogP contribution in [0.4, 0.5) is 19.6 Å². The van der Waals surface area contributed by atoms with Crippen LogP contribution in [0.25, 0.3) is 10.2 Å². The van der Waals surface area contributed by atoms with E-state index in [0.29, 0.717) is 32.5 Å². The second-order valence-corrected chi connectivity index (χ2v) is 6.54. The zero-order valence-electron chi connectivity index (χ0n) is 10.5. The average Bonchev–Trinajstić information content (AvgIpc) is 2.84. The van der Waals surface area contributed by atoms with Crippen molar-refractivity contribution in [2.45, 2.75) is 10.7 Å². The molecule has 0 aliphatic rings. The second kappa shape index (κ2) is 6.17. The Hall–Kier alpha value is -1.37. The molecular formula is C14H9ClF2N2S2. The Bertz CT molecular complexity index is 777. The fourth-order valence-electron chi connectivity index (χ4n) is 1.85. The number of fused-ring (bicyclic) bond motifs is 1. The van der Waals surface area contributed by atoms with Crippen molar-refractivity contribution in [2.75, 3.05) is 5.32 Å². The monoisotopic (exact) mass is 342 g/mol. The molecular weight excluding hydrogens is 334 g/mol. The van der Waals surface area contributed by atoms with Crippen molar-refractivity contribution in [2.24, 2.45) is 0 Å². The van der Waals surface area contributed by atoms with Crippen molar-refractivity contribution in [3.8, 4) is 0 Å². The number of alkyl halides is 2. The lowest BCUT2D eigenvalue weighted by molar-refractivity contribution is 0.252. The lowest BCUT2D eigenvalue weighted by Crippen LogP contribution is -1.93. The predicted molar refractivity (Wildman–Crippen MR) is 86.2 cm³/mol. The summed E-state index contributed by atoms with van der Waals surface area (Å²) in [5.41, 5.74) is 1.40. The van der Waals surface area contributed by atoms with Crippen LogP contribution in [-0.4, -0.2) is 10.7 Å². The van der Waals surface area contributed by atoms with Crippen LogP contribution in [0.15, 0.2) is 47.4 Å². The van der Waals surface area contributed by atoms with Gasteiger partial charge < -0.3 is 5.32 Å². The quantitative estimate of drug-likeness (QED) is 0.588. The topological polar surface area (TPSA) is 24.9 Å². The molecule has 21 heavy (non-hydrogen) atoms. The van der Waals surface area contributed by atoms with Gasteiger partial charge in [0.2, 0.25) is 0 Å². The van der Waals surface area contributed by atoms with E-state index in [4.69, 9.17) is 11.6 Å². The van der Waals surface area contributed by atoms with Gasteiger partial charge in [-0.05, 0) is 24.3 Å². The molecule has 1 aromatic heterocycles. The van der Waals surface area contributed by atoms with Gasteiger partial charge in [0.1, 0.15) is 0 Å². The summed E-state index contributed by atoms with van der Waals surface area (Å²) >= 11 is 8.02. The minimum Gasteiger partial charge on any atom is -0.331 e. The van der Waals surface area contributed by atoms with Gasteiger partial charge >= 0.3 is 0 Å². The third kappa shape index (κ3) is 3.28. The summed E-state index contributed by atoms with van der Waals surface area (Å²) in [5, 5.41) is 4.35. The predicted octanol–water partition coefficient (Wildman–Crippen LogP) is 6.01. The van der Waals surface area contributed by atoms with Gasteiger partial charge in [0.15, 0.2) is 5.13 Å². The van der Waals surface area contributed by atoms with Crippen LogP contribution in [0.5, 0.6) is 0 Å². The molecule has 108 valence electrons. The summed E-state index contributed by atoms with van der Waals surface area (Å²) in [5.74, 6) is -2.46. The van der Waals surface area contributed by atoms with Gasteiger partial charge in [-0.25, -0.2) is 4.98 Å². The van der Waals surface area contributed by atoms with Gasteiger partial charge in [-0.1, -0.05) is 52.9 Å². The molecule has 0 fully saturated rings. The van der Waals surface area contributed by atoms with Crippen LogP contribution in [0.1, 0.15) is 0 Å². The zero-order chi connectivity index (χ0) is 14.8. The third-order valence-corrected chi connectivity index (χ3v) is 4.95. The normalized spacial score (nSPS) is 11.2. The summed E-state index contributed by atoms with van der Waals surface area (Å²) in [6.07, 6.45) is 0. The van der Waals surface area contributed by atoms with Crippen LogP contribution < -0.4 is 5.32 Å². The lowest BCUT2D eigenvalue weighted by atomic mass is 10.3. The van der Waals surface area contributed by atoms with E-state index in [1.165, 1.54) is 11.3 Å². The largest absolute Gasteiger partial charge is 0.331 e. The molecule has 0 saturated carbocycles. The highest BCUT2D eigenvalue weighted by atomic mass is 35.5. The lowest BCUT2D eigenvalue weighted by Gasteiger charge is -2.08. The number of nitrogens with one attached hydrogen (secondary N) is 1. The number of halogens is 3. The van der Waals surface area contributed by atoms with E-state index >= 15 is 0 Å². The van der Waals surface area contributed by atoms with Gasteiger partial charge in [-0.15, -0.1) is 0 Å². The minimum absolute atomic E-state index is 0.484. The number of anilines is 2. The number of hydrogen-bond donors (Lipinski definition) is 1. The number of aromatic nitrogens is 1. The first-order chi connectivity index (χ1) is 10.1. The molecule has 0 aliphatic heterocycles. The Kier molecular flexibility index (Phi) is 4.28. The molecule has 0 amide bonds. The summed E-state index contributed by atoms with van der Waals surface area (Å²) in [7, 11) is 0. The van der Waals surface area contributed by atoms with Crippen molar-refractivity contribution in [3.05, 3.63) is 47.5 Å². The standard InChI is InChI=1S/C14H9ClF2N2S2/c15-8-4-3-6-10-12(8)21-14(19-10)18-9-5-1-2-7-11(9)20-13(16)17/h1-7,13H,(H,18,19). The Balaban J connectivity index is 1.93. The van der Waals surface area contributed by atoms with E-state index in [2.05, 4.69) is 10.3 Å². The van der Waals surface area contributed by atoms with E-state index in [0.717, 1.165) is 10.2 Å². The molecule has 0 unspecified atom stereocenters. The van der Waals surface area contributed by atoms with Gasteiger partial charge in [0.25, 0.3) is 5.76 Å². The number of nitrogens with zero attached hydrogens (tertiary/aromatic N) is 1. The summed E-state index contributed by atoms with van der Waals surface area (Å²) in [6.45, 7) is 0. The minimum atomic E-state index is -2.46. The Morgan fingerprint density at radius 2 is 1.95 bits per heavy atom. The van der Waals surface area contributed by atoms with Gasteiger partial charge in [-0.2, -0.15) is 8.78 Å². The number of benzene rings is 2. The zero-order valence-corrected chi connectivity index (χ0v) is 12.9. The summed E-state index contributed by atoms with van der Waals surface area (Å²) < 4.78 is 26.0. The molecule has 7 heteroatoms. The highest BCUT2D eigenvalue weighted by molar-refractivity contribution is 7.99. The molecule has 1 heterocycles. The van der Waals surface area contributed by atoms with Crippen molar-refractivity contribution >= 4 is 55.7 Å². The number of rotatable bonds is 4. The molecule has 0 atom stereocenters. The Morgan fingerprint density at radius 3 is 2.71 bits per heavy atom. The van der Waals surface area contributed by atoms with Crippen LogP contribution in [0, 0.1) is 0 Å². The first kappa shape index (κ1) is 14.6. The molecule has 0 spiro atoms. The van der Waals surface area contributed by atoms with E-state index in [1.54, 1.807) is 30.3 Å². The maximum Gasteiger partial charge on any atom is 0.288 e. The molecule has 3 aromatic rings. The third-order valence-electron chi connectivity index (χ3n) is 2.71. The average molecular weight is 343 g/mol. The molecule has 0 saturated heterocycles. The van der Waals surface area contributed by atoms with Crippen molar-refractivity contribution in [1.82, 2.24) is 4.98 Å². The molecule has 3 rings (SSSR count). The molecule has 2 aromatic carbocycles.